The van der Waals surface area contributed by atoms with E-state index in [0.29, 0.717) is 10.7 Å². The molecule has 0 aliphatic carbocycles. The van der Waals surface area contributed by atoms with Gasteiger partial charge in [-0.25, -0.2) is 0 Å². The molecule has 0 atom stereocenters. The molecule has 1 aromatic heterocycles. The van der Waals surface area contributed by atoms with E-state index in [0.717, 1.165) is 4.47 Å². The lowest BCUT2D eigenvalue weighted by molar-refractivity contribution is -0.153. The molecule has 1 rings (SSSR count). The second-order valence-corrected chi connectivity index (χ2v) is 5.67. The quantitative estimate of drug-likeness (QED) is 0.786. The van der Waals surface area contributed by atoms with Crippen LogP contribution in [-0.4, -0.2) is 16.6 Å². The molecule has 0 amide bonds. The number of aromatic nitrogens is 1. The third-order valence-corrected chi connectivity index (χ3v) is 2.38. The summed E-state index contributed by atoms with van der Waals surface area (Å²) in [7, 11) is 0. The molecule has 0 N–H and O–H groups in total. The molecule has 1 heterocycles. The molecule has 0 bridgehead atoms. The Bertz CT molecular complexity index is 401. The first-order valence-electron chi connectivity index (χ1n) is 4.80. The lowest BCUT2D eigenvalue weighted by Gasteiger charge is -2.19. The highest BCUT2D eigenvalue weighted by atomic mass is 79.9. The smallest absolute Gasteiger partial charge is 0.312 e. The van der Waals surface area contributed by atoms with Gasteiger partial charge in [0.15, 0.2) is 0 Å². The van der Waals surface area contributed by atoms with E-state index in [2.05, 4.69) is 20.9 Å². The summed E-state index contributed by atoms with van der Waals surface area (Å²) in [5.74, 6) is -0.329. The number of rotatable bonds is 2. The fourth-order valence-electron chi connectivity index (χ4n) is 1.09. The number of carbonyl (C=O) groups excluding carboxylic acids is 1. The minimum Gasteiger partial charge on any atom is -0.460 e. The Hall–Kier alpha value is -0.610. The van der Waals surface area contributed by atoms with Crippen LogP contribution in [0.5, 0.6) is 0 Å². The van der Waals surface area contributed by atoms with E-state index in [1.807, 2.05) is 20.8 Å². The zero-order valence-electron chi connectivity index (χ0n) is 9.38. The fraction of sp³-hybridized carbons (Fsp3) is 0.455. The van der Waals surface area contributed by atoms with Crippen molar-refractivity contribution in [3.63, 3.8) is 0 Å². The van der Waals surface area contributed by atoms with Crippen LogP contribution in [-0.2, 0) is 16.0 Å². The van der Waals surface area contributed by atoms with E-state index in [1.54, 1.807) is 12.3 Å². The standard InChI is InChI=1S/C11H13BrClNO2/c1-11(2,3)16-10(15)5-9-8(13)4-7(12)6-14-9/h4,6H,5H2,1-3H3. The van der Waals surface area contributed by atoms with E-state index >= 15 is 0 Å². The molecule has 5 heteroatoms. The minimum atomic E-state index is -0.487. The molecule has 0 aromatic carbocycles. The number of carbonyl (C=O) groups is 1. The summed E-state index contributed by atoms with van der Waals surface area (Å²) in [5.41, 5.74) is 0.0398. The molecule has 0 saturated heterocycles. The average Bonchev–Trinajstić information content (AvgIpc) is 2.06. The number of pyridine rings is 1. The van der Waals surface area contributed by atoms with Gasteiger partial charge in [-0.05, 0) is 42.8 Å². The second kappa shape index (κ2) is 5.15. The number of nitrogens with zero attached hydrogens (tertiary/aromatic N) is 1. The molecule has 0 aliphatic rings. The number of esters is 1. The topological polar surface area (TPSA) is 39.2 Å². The van der Waals surface area contributed by atoms with Crippen molar-refractivity contribution in [2.75, 3.05) is 0 Å². The number of ether oxygens (including phenoxy) is 1. The van der Waals surface area contributed by atoms with Crippen molar-refractivity contribution in [1.82, 2.24) is 4.98 Å². The van der Waals surface area contributed by atoms with Gasteiger partial charge in [-0.2, -0.15) is 0 Å². The summed E-state index contributed by atoms with van der Waals surface area (Å²) in [6.45, 7) is 5.46. The highest BCUT2D eigenvalue weighted by molar-refractivity contribution is 9.10. The average molecular weight is 307 g/mol. The van der Waals surface area contributed by atoms with Crippen molar-refractivity contribution in [2.24, 2.45) is 0 Å². The van der Waals surface area contributed by atoms with E-state index in [-0.39, 0.29) is 12.4 Å². The number of hydrogen-bond donors (Lipinski definition) is 0. The van der Waals surface area contributed by atoms with Gasteiger partial charge in [0.25, 0.3) is 0 Å². The molecule has 0 fully saturated rings. The Labute approximate surface area is 108 Å². The summed E-state index contributed by atoms with van der Waals surface area (Å²) in [6, 6.07) is 1.70. The first-order chi connectivity index (χ1) is 7.28. The van der Waals surface area contributed by atoms with Gasteiger partial charge in [-0.15, -0.1) is 0 Å². The maximum atomic E-state index is 11.5. The predicted molar refractivity (Wildman–Crippen MR) is 66.5 cm³/mol. The molecule has 88 valence electrons. The third kappa shape index (κ3) is 4.49. The Morgan fingerprint density at radius 2 is 2.19 bits per heavy atom. The largest absolute Gasteiger partial charge is 0.460 e. The van der Waals surface area contributed by atoms with Crippen molar-refractivity contribution in [2.45, 2.75) is 32.8 Å². The van der Waals surface area contributed by atoms with Gasteiger partial charge in [0.2, 0.25) is 0 Å². The maximum absolute atomic E-state index is 11.5. The molecule has 0 radical (unpaired) electrons. The second-order valence-electron chi connectivity index (χ2n) is 4.35. The summed E-state index contributed by atoms with van der Waals surface area (Å²) in [4.78, 5) is 15.6. The van der Waals surface area contributed by atoms with Crippen molar-refractivity contribution >= 4 is 33.5 Å². The number of halogens is 2. The molecule has 0 aliphatic heterocycles. The molecule has 0 saturated carbocycles. The SMILES string of the molecule is CC(C)(C)OC(=O)Cc1ncc(Br)cc1Cl. The van der Waals surface area contributed by atoms with Gasteiger partial charge in [-0.3, -0.25) is 9.78 Å². The Balaban J connectivity index is 2.70. The summed E-state index contributed by atoms with van der Waals surface area (Å²) >= 11 is 9.19. The molecule has 1 aromatic rings. The first kappa shape index (κ1) is 13.5. The molecule has 0 unspecified atom stereocenters. The van der Waals surface area contributed by atoms with Crippen LogP contribution in [0, 0.1) is 0 Å². The lowest BCUT2D eigenvalue weighted by Crippen LogP contribution is -2.25. The van der Waals surface area contributed by atoms with Gasteiger partial charge in [-0.1, -0.05) is 11.6 Å². The predicted octanol–water partition coefficient (Wildman–Crippen LogP) is 3.38. The zero-order chi connectivity index (χ0) is 12.3. The normalized spacial score (nSPS) is 11.3. The fourth-order valence-corrected chi connectivity index (χ4v) is 1.78. The van der Waals surface area contributed by atoms with Crippen molar-refractivity contribution in [3.8, 4) is 0 Å². The van der Waals surface area contributed by atoms with Crippen LogP contribution in [0.4, 0.5) is 0 Å². The van der Waals surface area contributed by atoms with Crippen LogP contribution in [0.25, 0.3) is 0 Å². The van der Waals surface area contributed by atoms with Gasteiger partial charge in [0, 0.05) is 10.7 Å². The highest BCUT2D eigenvalue weighted by Gasteiger charge is 2.18. The van der Waals surface area contributed by atoms with E-state index in [4.69, 9.17) is 16.3 Å². The Morgan fingerprint density at radius 3 is 2.69 bits per heavy atom. The molecule has 3 nitrogen and oxygen atoms in total. The van der Waals surface area contributed by atoms with Crippen LogP contribution in [0.3, 0.4) is 0 Å². The maximum Gasteiger partial charge on any atom is 0.312 e. The Kier molecular flexibility index (Phi) is 4.33. The van der Waals surface area contributed by atoms with Crippen LogP contribution in [0.15, 0.2) is 16.7 Å². The van der Waals surface area contributed by atoms with Crippen LogP contribution >= 0.6 is 27.5 Å². The third-order valence-electron chi connectivity index (χ3n) is 1.62. The monoisotopic (exact) mass is 305 g/mol. The van der Waals surface area contributed by atoms with Crippen molar-refractivity contribution in [1.29, 1.82) is 0 Å². The Morgan fingerprint density at radius 1 is 1.56 bits per heavy atom. The first-order valence-corrected chi connectivity index (χ1v) is 5.97. The lowest BCUT2D eigenvalue weighted by atomic mass is 10.2. The summed E-state index contributed by atoms with van der Waals surface area (Å²) in [6.07, 6.45) is 1.69. The molecule has 16 heavy (non-hydrogen) atoms. The van der Waals surface area contributed by atoms with Gasteiger partial charge >= 0.3 is 5.97 Å². The van der Waals surface area contributed by atoms with Crippen LogP contribution < -0.4 is 0 Å². The van der Waals surface area contributed by atoms with E-state index < -0.39 is 5.60 Å². The summed E-state index contributed by atoms with van der Waals surface area (Å²) in [5, 5.41) is 0.459. The van der Waals surface area contributed by atoms with Crippen molar-refractivity contribution < 1.29 is 9.53 Å². The van der Waals surface area contributed by atoms with Crippen LogP contribution in [0.2, 0.25) is 5.02 Å². The molecular formula is C11H13BrClNO2. The van der Waals surface area contributed by atoms with Gasteiger partial charge in [0.05, 0.1) is 17.1 Å². The van der Waals surface area contributed by atoms with Gasteiger partial charge in [0.1, 0.15) is 5.60 Å². The van der Waals surface area contributed by atoms with Crippen molar-refractivity contribution in [3.05, 3.63) is 27.5 Å². The number of hydrogen-bond acceptors (Lipinski definition) is 3. The summed E-state index contributed by atoms with van der Waals surface area (Å²) < 4.78 is 5.96. The van der Waals surface area contributed by atoms with Crippen LogP contribution in [0.1, 0.15) is 26.5 Å². The minimum absolute atomic E-state index is 0.0867. The molecular weight excluding hydrogens is 293 g/mol. The molecule has 0 spiro atoms. The van der Waals surface area contributed by atoms with E-state index in [1.165, 1.54) is 0 Å². The van der Waals surface area contributed by atoms with E-state index in [9.17, 15) is 4.79 Å². The highest BCUT2D eigenvalue weighted by Crippen LogP contribution is 2.20. The van der Waals surface area contributed by atoms with Gasteiger partial charge < -0.3 is 4.74 Å². The zero-order valence-corrected chi connectivity index (χ0v) is 11.7.